The van der Waals surface area contributed by atoms with E-state index in [0.717, 1.165) is 71.7 Å². The molecule has 2 saturated heterocycles. The summed E-state index contributed by atoms with van der Waals surface area (Å²) in [6.07, 6.45) is 2.38. The minimum absolute atomic E-state index is 0. The summed E-state index contributed by atoms with van der Waals surface area (Å²) in [6.45, 7) is 18.5. The molecule has 0 bridgehead atoms. The Hall–Kier alpha value is -0.160. The molecule has 0 aliphatic carbocycles. The Kier molecular flexibility index (Phi) is 14.5. The maximum Gasteiger partial charge on any atom is 0.191 e. The van der Waals surface area contributed by atoms with Crippen molar-refractivity contribution in [3.8, 4) is 0 Å². The third-order valence-electron chi connectivity index (χ3n) is 5.84. The zero-order valence-corrected chi connectivity index (χ0v) is 22.2. The number of hydrogen-bond donors (Lipinski definition) is 2. The maximum absolute atomic E-state index is 5.54. The quantitative estimate of drug-likeness (QED) is 0.253. The normalized spacial score (nSPS) is 20.5. The molecule has 0 aromatic rings. The average molecular weight is 540 g/mol. The summed E-state index contributed by atoms with van der Waals surface area (Å²) in [5.41, 5.74) is 0. The third-order valence-corrected chi connectivity index (χ3v) is 5.84. The second-order valence-electron chi connectivity index (χ2n) is 9.20. The molecule has 2 N–H and O–H groups in total. The van der Waals surface area contributed by atoms with Gasteiger partial charge in [-0.05, 0) is 24.7 Å². The number of rotatable bonds is 10. The van der Waals surface area contributed by atoms with Crippen molar-refractivity contribution in [3.63, 3.8) is 0 Å². The van der Waals surface area contributed by atoms with E-state index in [1.807, 2.05) is 7.05 Å². The molecule has 2 rings (SSSR count). The first-order chi connectivity index (χ1) is 14.0. The monoisotopic (exact) mass is 539 g/mol. The highest BCUT2D eigenvalue weighted by molar-refractivity contribution is 14.0. The molecule has 2 aliphatic rings. The SMILES string of the molecule is CN=C(NCC(CC(C)C)N1CCOCC1)NCC(CC(C)C)N1CCOCC1.I. The second kappa shape index (κ2) is 15.6. The molecule has 0 saturated carbocycles. The molecule has 0 spiro atoms. The van der Waals surface area contributed by atoms with Crippen LogP contribution in [-0.4, -0.2) is 101 Å². The van der Waals surface area contributed by atoms with Crippen molar-refractivity contribution in [3.05, 3.63) is 0 Å². The highest BCUT2D eigenvalue weighted by atomic mass is 127. The molecule has 2 heterocycles. The number of nitrogens with one attached hydrogen (secondary N) is 2. The Bertz CT molecular complexity index is 428. The standard InChI is InChI=1S/C22H45N5O2.HI/c1-18(2)14-20(26-6-10-28-11-7-26)16-24-22(23-5)25-17-21(15-19(3)4)27-8-12-29-13-9-27;/h18-21H,6-17H2,1-5H3,(H2,23,24,25);1H. The van der Waals surface area contributed by atoms with E-state index in [1.165, 1.54) is 12.8 Å². The molecular weight excluding hydrogens is 493 g/mol. The van der Waals surface area contributed by atoms with Crippen molar-refractivity contribution >= 4 is 29.9 Å². The van der Waals surface area contributed by atoms with Crippen LogP contribution in [0, 0.1) is 11.8 Å². The molecule has 7 nitrogen and oxygen atoms in total. The van der Waals surface area contributed by atoms with Crippen molar-refractivity contribution in [2.24, 2.45) is 16.8 Å². The van der Waals surface area contributed by atoms with Gasteiger partial charge in [-0.25, -0.2) is 0 Å². The molecule has 0 radical (unpaired) electrons. The molecule has 0 aromatic carbocycles. The second-order valence-corrected chi connectivity index (χ2v) is 9.20. The van der Waals surface area contributed by atoms with Gasteiger partial charge in [0.1, 0.15) is 0 Å². The number of hydrogen-bond acceptors (Lipinski definition) is 5. The fraction of sp³-hybridized carbons (Fsp3) is 0.955. The van der Waals surface area contributed by atoms with Crippen molar-refractivity contribution in [2.45, 2.75) is 52.6 Å². The van der Waals surface area contributed by atoms with Crippen LogP contribution in [0.15, 0.2) is 4.99 Å². The highest BCUT2D eigenvalue weighted by Gasteiger charge is 2.24. The Labute approximate surface area is 201 Å². The number of morpholine rings is 2. The van der Waals surface area contributed by atoms with Gasteiger partial charge in [-0.2, -0.15) is 0 Å². The molecule has 0 amide bonds. The van der Waals surface area contributed by atoms with Gasteiger partial charge in [-0.15, -0.1) is 24.0 Å². The Balaban J connectivity index is 0.00000450. The van der Waals surface area contributed by atoms with Crippen LogP contribution in [0.2, 0.25) is 0 Å². The van der Waals surface area contributed by atoms with E-state index < -0.39 is 0 Å². The zero-order chi connectivity index (χ0) is 21.1. The van der Waals surface area contributed by atoms with Crippen molar-refractivity contribution in [2.75, 3.05) is 72.7 Å². The van der Waals surface area contributed by atoms with Gasteiger partial charge in [0.25, 0.3) is 0 Å². The molecule has 0 aromatic heterocycles. The van der Waals surface area contributed by atoms with E-state index in [9.17, 15) is 0 Å². The Morgan fingerprint density at radius 1 is 0.767 bits per heavy atom. The van der Waals surface area contributed by atoms with Crippen LogP contribution < -0.4 is 10.6 Å². The number of aliphatic imine (C=N–C) groups is 1. The Morgan fingerprint density at radius 3 is 1.43 bits per heavy atom. The van der Waals surface area contributed by atoms with E-state index >= 15 is 0 Å². The van der Waals surface area contributed by atoms with Crippen molar-refractivity contribution in [1.82, 2.24) is 20.4 Å². The van der Waals surface area contributed by atoms with Gasteiger partial charge in [-0.3, -0.25) is 14.8 Å². The lowest BCUT2D eigenvalue weighted by Crippen LogP contribution is -2.53. The first-order valence-electron chi connectivity index (χ1n) is 11.6. The van der Waals surface area contributed by atoms with Gasteiger partial charge in [0.2, 0.25) is 0 Å². The van der Waals surface area contributed by atoms with Gasteiger partial charge < -0.3 is 20.1 Å². The minimum atomic E-state index is 0. The lowest BCUT2D eigenvalue weighted by atomic mass is 10.0. The van der Waals surface area contributed by atoms with Crippen LogP contribution in [0.5, 0.6) is 0 Å². The van der Waals surface area contributed by atoms with E-state index in [-0.39, 0.29) is 24.0 Å². The van der Waals surface area contributed by atoms with E-state index in [0.29, 0.717) is 23.9 Å². The Morgan fingerprint density at radius 2 is 1.13 bits per heavy atom. The first-order valence-corrected chi connectivity index (χ1v) is 11.6. The molecule has 2 atom stereocenters. The smallest absolute Gasteiger partial charge is 0.191 e. The van der Waals surface area contributed by atoms with Crippen LogP contribution >= 0.6 is 24.0 Å². The summed E-state index contributed by atoms with van der Waals surface area (Å²) < 4.78 is 11.1. The molecular formula is C22H46IN5O2. The molecule has 8 heteroatoms. The van der Waals surface area contributed by atoms with Crippen molar-refractivity contribution in [1.29, 1.82) is 0 Å². The first kappa shape index (κ1) is 27.9. The molecule has 2 unspecified atom stereocenters. The zero-order valence-electron chi connectivity index (χ0n) is 19.9. The van der Waals surface area contributed by atoms with Gasteiger partial charge in [0, 0.05) is 58.4 Å². The van der Waals surface area contributed by atoms with Gasteiger partial charge in [0.05, 0.1) is 26.4 Å². The lowest BCUT2D eigenvalue weighted by molar-refractivity contribution is 0.0125. The summed E-state index contributed by atoms with van der Waals surface area (Å²) in [5.74, 6) is 2.27. The summed E-state index contributed by atoms with van der Waals surface area (Å²) in [6, 6.07) is 1.03. The van der Waals surface area contributed by atoms with E-state index in [1.54, 1.807) is 0 Å². The van der Waals surface area contributed by atoms with Crippen LogP contribution in [0.1, 0.15) is 40.5 Å². The van der Waals surface area contributed by atoms with E-state index in [4.69, 9.17) is 9.47 Å². The van der Waals surface area contributed by atoms with Crippen molar-refractivity contribution < 1.29 is 9.47 Å². The number of halogens is 1. The largest absolute Gasteiger partial charge is 0.379 e. The number of ether oxygens (including phenoxy) is 2. The summed E-state index contributed by atoms with van der Waals surface area (Å²) in [4.78, 5) is 9.63. The number of guanidine groups is 1. The van der Waals surface area contributed by atoms with Crippen LogP contribution in [0.4, 0.5) is 0 Å². The summed E-state index contributed by atoms with van der Waals surface area (Å²) in [5, 5.41) is 7.19. The van der Waals surface area contributed by atoms with Gasteiger partial charge in [-0.1, -0.05) is 27.7 Å². The molecule has 30 heavy (non-hydrogen) atoms. The van der Waals surface area contributed by atoms with E-state index in [2.05, 4.69) is 53.1 Å². The maximum atomic E-state index is 5.54. The summed E-state index contributed by atoms with van der Waals surface area (Å²) >= 11 is 0. The molecule has 2 fully saturated rings. The summed E-state index contributed by atoms with van der Waals surface area (Å²) in [7, 11) is 1.87. The van der Waals surface area contributed by atoms with Crippen LogP contribution in [0.3, 0.4) is 0 Å². The topological polar surface area (TPSA) is 61.4 Å². The fourth-order valence-corrected chi connectivity index (χ4v) is 4.35. The predicted octanol–water partition coefficient (Wildman–Crippen LogP) is 2.26. The van der Waals surface area contributed by atoms with Crippen LogP contribution in [-0.2, 0) is 9.47 Å². The molecule has 178 valence electrons. The van der Waals surface area contributed by atoms with Gasteiger partial charge >= 0.3 is 0 Å². The molecule has 2 aliphatic heterocycles. The lowest BCUT2D eigenvalue weighted by Gasteiger charge is -2.37. The predicted molar refractivity (Wildman–Crippen MR) is 136 cm³/mol. The third kappa shape index (κ3) is 10.4. The highest BCUT2D eigenvalue weighted by Crippen LogP contribution is 2.14. The van der Waals surface area contributed by atoms with Gasteiger partial charge in [0.15, 0.2) is 5.96 Å². The minimum Gasteiger partial charge on any atom is -0.379 e. The average Bonchev–Trinajstić information content (AvgIpc) is 2.72. The fourth-order valence-electron chi connectivity index (χ4n) is 4.35. The van der Waals surface area contributed by atoms with Crippen LogP contribution in [0.25, 0.3) is 0 Å². The number of nitrogens with zero attached hydrogens (tertiary/aromatic N) is 3.